The molecular formula is C55H115N5O3. The maximum atomic E-state index is 11.2. The number of amides is 1. The normalized spacial score (nSPS) is 11.6. The Balaban J connectivity index is 0. The Morgan fingerprint density at radius 2 is 0.651 bits per heavy atom. The number of aldehydes is 1. The molecule has 0 saturated heterocycles. The quantitative estimate of drug-likeness (QED) is 0.0465. The van der Waals surface area contributed by atoms with Crippen molar-refractivity contribution in [2.75, 3.05) is 92.2 Å². The molecule has 0 saturated carbocycles. The van der Waals surface area contributed by atoms with Crippen molar-refractivity contribution >= 4 is 12.7 Å². The molecule has 0 fully saturated rings. The smallest absolute Gasteiger partial charge is 0.207 e. The lowest BCUT2D eigenvalue weighted by atomic mass is 10.1. The van der Waals surface area contributed by atoms with Gasteiger partial charge in [-0.15, -0.1) is 0 Å². The lowest BCUT2D eigenvalue weighted by Gasteiger charge is -2.27. The first-order valence-corrected chi connectivity index (χ1v) is 28.1. The van der Waals surface area contributed by atoms with E-state index in [-0.39, 0.29) is 6.61 Å². The molecule has 1 amide bonds. The van der Waals surface area contributed by atoms with Crippen molar-refractivity contribution in [3.8, 4) is 0 Å². The summed E-state index contributed by atoms with van der Waals surface area (Å²) in [7, 11) is 2.11. The summed E-state index contributed by atoms with van der Waals surface area (Å²) in [4.78, 5) is 31.4. The second-order valence-corrected chi connectivity index (χ2v) is 19.2. The standard InChI is InChI=1S/C31H64N2O.C24H51N3O2/c1-4-7-10-13-16-19-22-25-32(26-23-20-17-14-11-8-5-2)28-29-33(30-31-34)27-24-21-18-15-12-9-6-3;1-3-4-5-6-7-8-9-10-11-12-13-14-19-27(21-16-23-28)20-15-18-26(2)22-17-25-24-29/h31H,4-30H2,1-3H3;24,28H,3-23H2,1-2H3,(H,25,29). The summed E-state index contributed by atoms with van der Waals surface area (Å²) in [5, 5.41) is 11.9. The molecule has 2 N–H and O–H groups in total. The third-order valence-corrected chi connectivity index (χ3v) is 13.0. The van der Waals surface area contributed by atoms with E-state index in [0.29, 0.717) is 13.1 Å². The van der Waals surface area contributed by atoms with Crippen molar-refractivity contribution in [1.29, 1.82) is 0 Å². The van der Waals surface area contributed by atoms with Crippen LogP contribution in [0.15, 0.2) is 0 Å². The van der Waals surface area contributed by atoms with Crippen LogP contribution in [0.3, 0.4) is 0 Å². The zero-order chi connectivity index (χ0) is 46.4. The van der Waals surface area contributed by atoms with Crippen LogP contribution in [0, 0.1) is 0 Å². The summed E-state index contributed by atoms with van der Waals surface area (Å²) in [5.74, 6) is 0. The van der Waals surface area contributed by atoms with Crippen LogP contribution in [0.1, 0.15) is 252 Å². The van der Waals surface area contributed by atoms with Gasteiger partial charge in [0.2, 0.25) is 6.41 Å². The SMILES string of the molecule is CCCCCCCCCCCCCCN(CCCO)CCCN(C)CCNC=O.CCCCCCCCCN(CC=O)CCN(CCCCCCCCC)CCCCCCCCC. The number of carbonyl (C=O) groups is 2. The first-order chi connectivity index (χ1) is 31.0. The Labute approximate surface area is 395 Å². The van der Waals surface area contributed by atoms with Crippen molar-refractivity contribution < 1.29 is 14.7 Å². The van der Waals surface area contributed by atoms with Crippen LogP contribution < -0.4 is 5.32 Å². The van der Waals surface area contributed by atoms with Gasteiger partial charge in [0.25, 0.3) is 0 Å². The van der Waals surface area contributed by atoms with Crippen LogP contribution in [0.2, 0.25) is 0 Å². The third kappa shape index (κ3) is 53.4. The minimum atomic E-state index is 0.284. The predicted molar refractivity (Wildman–Crippen MR) is 278 cm³/mol. The van der Waals surface area contributed by atoms with Crippen molar-refractivity contribution in [3.05, 3.63) is 0 Å². The van der Waals surface area contributed by atoms with Crippen molar-refractivity contribution in [2.45, 2.75) is 252 Å². The molecule has 0 aromatic carbocycles. The van der Waals surface area contributed by atoms with E-state index in [1.807, 2.05) is 0 Å². The van der Waals surface area contributed by atoms with E-state index in [1.54, 1.807) is 0 Å². The van der Waals surface area contributed by atoms with Crippen molar-refractivity contribution in [3.63, 3.8) is 0 Å². The Hall–Kier alpha value is -1.06. The van der Waals surface area contributed by atoms with Gasteiger partial charge in [-0.3, -0.25) is 9.69 Å². The first-order valence-electron chi connectivity index (χ1n) is 28.1. The van der Waals surface area contributed by atoms with Gasteiger partial charge in [-0.05, 0) is 84.8 Å². The van der Waals surface area contributed by atoms with Crippen molar-refractivity contribution in [1.82, 2.24) is 24.9 Å². The second-order valence-electron chi connectivity index (χ2n) is 19.2. The van der Waals surface area contributed by atoms with E-state index in [4.69, 9.17) is 5.11 Å². The van der Waals surface area contributed by atoms with Crippen LogP contribution in [0.25, 0.3) is 0 Å². The molecular weight excluding hydrogens is 779 g/mol. The number of aliphatic hydroxyl groups is 1. The zero-order valence-corrected chi connectivity index (χ0v) is 43.6. The number of likely N-dealkylation sites (N-methyl/N-ethyl adjacent to an activating group) is 1. The van der Waals surface area contributed by atoms with E-state index < -0.39 is 0 Å². The number of unbranched alkanes of at least 4 members (excludes halogenated alkanes) is 29. The minimum Gasteiger partial charge on any atom is -0.396 e. The molecule has 0 rings (SSSR count). The number of nitrogens with one attached hydrogen (secondary N) is 1. The molecule has 0 bridgehead atoms. The molecule has 63 heavy (non-hydrogen) atoms. The summed E-state index contributed by atoms with van der Waals surface area (Å²) in [6.45, 7) is 21.7. The molecule has 0 atom stereocenters. The lowest BCUT2D eigenvalue weighted by molar-refractivity contribution is -0.110. The van der Waals surface area contributed by atoms with Gasteiger partial charge in [0, 0.05) is 39.3 Å². The van der Waals surface area contributed by atoms with Gasteiger partial charge in [0.15, 0.2) is 0 Å². The highest BCUT2D eigenvalue weighted by Gasteiger charge is 2.10. The van der Waals surface area contributed by atoms with Gasteiger partial charge in [0.05, 0.1) is 6.54 Å². The van der Waals surface area contributed by atoms with Crippen LogP contribution in [-0.4, -0.2) is 130 Å². The number of hydrogen-bond acceptors (Lipinski definition) is 7. The molecule has 0 aromatic heterocycles. The van der Waals surface area contributed by atoms with E-state index in [1.165, 1.54) is 225 Å². The summed E-state index contributed by atoms with van der Waals surface area (Å²) in [5.41, 5.74) is 0. The van der Waals surface area contributed by atoms with Gasteiger partial charge in [-0.2, -0.15) is 0 Å². The maximum absolute atomic E-state index is 11.2. The molecule has 8 nitrogen and oxygen atoms in total. The number of carbonyl (C=O) groups excluding carboxylic acids is 2. The first kappa shape index (κ1) is 64.0. The summed E-state index contributed by atoms with van der Waals surface area (Å²) in [6, 6.07) is 0. The van der Waals surface area contributed by atoms with E-state index in [9.17, 15) is 9.59 Å². The molecule has 0 radical (unpaired) electrons. The summed E-state index contributed by atoms with van der Waals surface area (Å²) < 4.78 is 0. The second kappa shape index (κ2) is 57.1. The number of nitrogens with zero attached hydrogens (tertiary/aromatic N) is 4. The summed E-state index contributed by atoms with van der Waals surface area (Å²) >= 11 is 0. The van der Waals surface area contributed by atoms with Crippen LogP contribution in [-0.2, 0) is 9.59 Å². The predicted octanol–water partition coefficient (Wildman–Crippen LogP) is 13.5. The molecule has 378 valence electrons. The fourth-order valence-electron chi connectivity index (χ4n) is 8.69. The third-order valence-electron chi connectivity index (χ3n) is 13.0. The number of hydrogen-bond donors (Lipinski definition) is 2. The Morgan fingerprint density at radius 3 is 1.00 bits per heavy atom. The van der Waals surface area contributed by atoms with E-state index in [2.05, 4.69) is 59.7 Å². The van der Waals surface area contributed by atoms with Crippen LogP contribution in [0.4, 0.5) is 0 Å². The molecule has 0 spiro atoms. The molecule has 0 aliphatic heterocycles. The highest BCUT2D eigenvalue weighted by Crippen LogP contribution is 2.14. The highest BCUT2D eigenvalue weighted by atomic mass is 16.3. The number of rotatable bonds is 53. The largest absolute Gasteiger partial charge is 0.396 e. The van der Waals surface area contributed by atoms with Gasteiger partial charge in [-0.25, -0.2) is 0 Å². The van der Waals surface area contributed by atoms with Gasteiger partial charge >= 0.3 is 0 Å². The van der Waals surface area contributed by atoms with E-state index in [0.717, 1.165) is 77.9 Å². The molecule has 0 aliphatic rings. The summed E-state index contributed by atoms with van der Waals surface area (Å²) in [6.07, 6.45) is 49.3. The highest BCUT2D eigenvalue weighted by molar-refractivity contribution is 5.51. The fraction of sp³-hybridized carbons (Fsp3) is 0.964. The Kier molecular flexibility index (Phi) is 58.0. The molecule has 0 heterocycles. The minimum absolute atomic E-state index is 0.284. The maximum Gasteiger partial charge on any atom is 0.207 e. The zero-order valence-electron chi connectivity index (χ0n) is 43.6. The Bertz CT molecular complexity index is 833. The number of aliphatic hydroxyl groups excluding tert-OH is 1. The topological polar surface area (TPSA) is 79.4 Å². The Morgan fingerprint density at radius 1 is 0.349 bits per heavy atom. The molecule has 0 unspecified atom stereocenters. The molecule has 8 heteroatoms. The molecule has 0 aromatic rings. The van der Waals surface area contributed by atoms with Gasteiger partial charge < -0.3 is 29.9 Å². The average Bonchev–Trinajstić information content (AvgIpc) is 3.29. The molecule has 0 aliphatic carbocycles. The van der Waals surface area contributed by atoms with Crippen molar-refractivity contribution in [2.24, 2.45) is 0 Å². The van der Waals surface area contributed by atoms with Gasteiger partial charge in [-0.1, -0.05) is 214 Å². The average molecular weight is 895 g/mol. The van der Waals surface area contributed by atoms with Crippen LogP contribution in [0.5, 0.6) is 0 Å². The van der Waals surface area contributed by atoms with Gasteiger partial charge in [0.1, 0.15) is 6.29 Å². The van der Waals surface area contributed by atoms with E-state index >= 15 is 0 Å². The lowest BCUT2D eigenvalue weighted by Crippen LogP contribution is -2.37. The van der Waals surface area contributed by atoms with Crippen LogP contribution >= 0.6 is 0 Å². The monoisotopic (exact) mass is 894 g/mol. The fourth-order valence-corrected chi connectivity index (χ4v) is 8.69.